The molecular formula is C21H16N4O3. The zero-order chi connectivity index (χ0) is 19.5. The van der Waals surface area contributed by atoms with Crippen LogP contribution in [0.25, 0.3) is 16.7 Å². The Morgan fingerprint density at radius 3 is 2.64 bits per heavy atom. The number of benzene rings is 1. The van der Waals surface area contributed by atoms with Crippen LogP contribution in [0, 0.1) is 10.1 Å². The van der Waals surface area contributed by atoms with Crippen molar-refractivity contribution >= 4 is 16.7 Å². The highest BCUT2D eigenvalue weighted by Gasteiger charge is 2.14. The number of nitro groups is 1. The molecule has 138 valence electrons. The number of rotatable bonds is 5. The lowest BCUT2D eigenvalue weighted by molar-refractivity contribution is -0.384. The molecule has 0 aliphatic carbocycles. The summed E-state index contributed by atoms with van der Waals surface area (Å²) in [6, 6.07) is 15.4. The van der Waals surface area contributed by atoms with E-state index in [1.54, 1.807) is 36.8 Å². The molecule has 0 aliphatic rings. The highest BCUT2D eigenvalue weighted by atomic mass is 16.6. The maximum atomic E-state index is 13.2. The average molecular weight is 372 g/mol. The Hall–Kier alpha value is -3.87. The van der Waals surface area contributed by atoms with E-state index in [0.29, 0.717) is 29.7 Å². The minimum Gasteiger partial charge on any atom is -0.269 e. The van der Waals surface area contributed by atoms with Gasteiger partial charge in [0.25, 0.3) is 11.2 Å². The van der Waals surface area contributed by atoms with Crippen molar-refractivity contribution in [3.8, 4) is 5.69 Å². The van der Waals surface area contributed by atoms with Crippen molar-refractivity contribution in [2.45, 2.75) is 12.8 Å². The first-order valence-corrected chi connectivity index (χ1v) is 8.77. The van der Waals surface area contributed by atoms with Crippen LogP contribution in [0.2, 0.25) is 0 Å². The van der Waals surface area contributed by atoms with Gasteiger partial charge in [-0.3, -0.25) is 24.5 Å². The topological polar surface area (TPSA) is 90.9 Å². The molecule has 7 nitrogen and oxygen atoms in total. The second-order valence-electron chi connectivity index (χ2n) is 6.36. The van der Waals surface area contributed by atoms with E-state index in [1.165, 1.54) is 16.7 Å². The van der Waals surface area contributed by atoms with Crippen LogP contribution < -0.4 is 5.56 Å². The first kappa shape index (κ1) is 17.5. The lowest BCUT2D eigenvalue weighted by Gasteiger charge is -2.12. The van der Waals surface area contributed by atoms with Crippen LogP contribution in [-0.4, -0.2) is 19.5 Å². The fraction of sp³-hybridized carbons (Fsp3) is 0.0952. The first-order valence-electron chi connectivity index (χ1n) is 8.77. The van der Waals surface area contributed by atoms with E-state index in [2.05, 4.69) is 9.97 Å². The molecule has 0 unspecified atom stereocenters. The highest BCUT2D eigenvalue weighted by Crippen LogP contribution is 2.20. The number of non-ortho nitro benzene ring substituents is 1. The molecule has 7 heteroatoms. The molecule has 0 spiro atoms. The van der Waals surface area contributed by atoms with Crippen LogP contribution in [0.1, 0.15) is 11.1 Å². The number of aromatic nitrogens is 3. The number of pyridine rings is 3. The number of hydrogen-bond acceptors (Lipinski definition) is 5. The van der Waals surface area contributed by atoms with E-state index in [-0.39, 0.29) is 11.2 Å². The number of hydrogen-bond donors (Lipinski definition) is 0. The van der Waals surface area contributed by atoms with Crippen molar-refractivity contribution < 1.29 is 4.92 Å². The third-order valence-electron chi connectivity index (χ3n) is 4.54. The van der Waals surface area contributed by atoms with Crippen molar-refractivity contribution in [2.24, 2.45) is 0 Å². The second-order valence-corrected chi connectivity index (χ2v) is 6.36. The Bertz CT molecular complexity index is 1220. The molecule has 28 heavy (non-hydrogen) atoms. The van der Waals surface area contributed by atoms with Crippen molar-refractivity contribution in [2.75, 3.05) is 0 Å². The summed E-state index contributed by atoms with van der Waals surface area (Å²) < 4.78 is 1.45. The smallest absolute Gasteiger partial charge is 0.269 e. The summed E-state index contributed by atoms with van der Waals surface area (Å²) in [6.45, 7) is 0. The second kappa shape index (κ2) is 7.40. The Labute approximate surface area is 160 Å². The highest BCUT2D eigenvalue weighted by molar-refractivity contribution is 5.77. The summed E-state index contributed by atoms with van der Waals surface area (Å²) in [4.78, 5) is 32.3. The summed E-state index contributed by atoms with van der Waals surface area (Å²) in [6.07, 6.45) is 6.29. The van der Waals surface area contributed by atoms with E-state index in [0.717, 1.165) is 10.9 Å². The van der Waals surface area contributed by atoms with Crippen LogP contribution in [0.5, 0.6) is 0 Å². The van der Waals surface area contributed by atoms with Crippen LogP contribution in [-0.2, 0) is 12.8 Å². The van der Waals surface area contributed by atoms with Gasteiger partial charge < -0.3 is 0 Å². The molecule has 3 heterocycles. The molecule has 0 amide bonds. The van der Waals surface area contributed by atoms with Crippen molar-refractivity contribution in [3.05, 3.63) is 105 Å². The van der Waals surface area contributed by atoms with E-state index in [1.807, 2.05) is 24.3 Å². The van der Waals surface area contributed by atoms with Crippen LogP contribution in [0.4, 0.5) is 5.69 Å². The summed E-state index contributed by atoms with van der Waals surface area (Å²) in [5.41, 5.74) is 2.25. The quantitative estimate of drug-likeness (QED) is 0.395. The molecule has 4 aromatic rings. The largest absolute Gasteiger partial charge is 0.271 e. The van der Waals surface area contributed by atoms with Crippen LogP contribution in [0.3, 0.4) is 0 Å². The van der Waals surface area contributed by atoms with Gasteiger partial charge in [-0.25, -0.2) is 4.98 Å². The predicted molar refractivity (Wildman–Crippen MR) is 106 cm³/mol. The molecule has 0 saturated heterocycles. The SMILES string of the molecule is O=c1c(CCc2cccnc2)cc2cccnc2n1-c1cccc([N+](=O)[O-])c1. The van der Waals surface area contributed by atoms with Crippen molar-refractivity contribution in [1.82, 2.24) is 14.5 Å². The average Bonchev–Trinajstić information content (AvgIpc) is 2.73. The van der Waals surface area contributed by atoms with Gasteiger partial charge >= 0.3 is 0 Å². The van der Waals surface area contributed by atoms with Gasteiger partial charge in [-0.2, -0.15) is 0 Å². The molecular weight excluding hydrogens is 356 g/mol. The van der Waals surface area contributed by atoms with E-state index in [9.17, 15) is 14.9 Å². The monoisotopic (exact) mass is 372 g/mol. The number of fused-ring (bicyclic) bond motifs is 1. The molecule has 1 aromatic carbocycles. The molecule has 0 atom stereocenters. The number of aryl methyl sites for hydroxylation is 2. The first-order chi connectivity index (χ1) is 13.6. The van der Waals surface area contributed by atoms with Gasteiger partial charge in [-0.05, 0) is 48.7 Å². The maximum Gasteiger partial charge on any atom is 0.271 e. The van der Waals surface area contributed by atoms with E-state index < -0.39 is 4.92 Å². The summed E-state index contributed by atoms with van der Waals surface area (Å²) >= 11 is 0. The third kappa shape index (κ3) is 3.37. The number of nitrogens with zero attached hydrogens (tertiary/aromatic N) is 4. The van der Waals surface area contributed by atoms with E-state index in [4.69, 9.17) is 0 Å². The van der Waals surface area contributed by atoms with Gasteiger partial charge in [-0.1, -0.05) is 12.1 Å². The zero-order valence-corrected chi connectivity index (χ0v) is 14.9. The van der Waals surface area contributed by atoms with Gasteiger partial charge in [0.1, 0.15) is 5.65 Å². The molecule has 0 fully saturated rings. The Kier molecular flexibility index (Phi) is 4.63. The Morgan fingerprint density at radius 1 is 1.00 bits per heavy atom. The minimum atomic E-state index is -0.476. The number of nitro benzene ring substituents is 1. The summed E-state index contributed by atoms with van der Waals surface area (Å²) in [5, 5.41) is 12.0. The summed E-state index contributed by atoms with van der Waals surface area (Å²) in [5.74, 6) is 0. The maximum absolute atomic E-state index is 13.2. The zero-order valence-electron chi connectivity index (χ0n) is 14.9. The fourth-order valence-corrected chi connectivity index (χ4v) is 3.19. The lowest BCUT2D eigenvalue weighted by atomic mass is 10.1. The Morgan fingerprint density at radius 2 is 1.86 bits per heavy atom. The van der Waals surface area contributed by atoms with Crippen molar-refractivity contribution in [1.29, 1.82) is 0 Å². The lowest BCUT2D eigenvalue weighted by Crippen LogP contribution is -2.23. The molecule has 4 rings (SSSR count). The molecule has 0 radical (unpaired) electrons. The fourth-order valence-electron chi connectivity index (χ4n) is 3.19. The molecule has 3 aromatic heterocycles. The van der Waals surface area contributed by atoms with Gasteiger partial charge in [0.05, 0.1) is 10.6 Å². The van der Waals surface area contributed by atoms with Gasteiger partial charge in [0.15, 0.2) is 0 Å². The molecule has 0 aliphatic heterocycles. The van der Waals surface area contributed by atoms with Gasteiger partial charge in [-0.15, -0.1) is 0 Å². The minimum absolute atomic E-state index is 0.0748. The Balaban J connectivity index is 1.85. The summed E-state index contributed by atoms with van der Waals surface area (Å²) in [7, 11) is 0. The normalized spacial score (nSPS) is 10.9. The van der Waals surface area contributed by atoms with Gasteiger partial charge in [0.2, 0.25) is 0 Å². The van der Waals surface area contributed by atoms with Crippen molar-refractivity contribution in [3.63, 3.8) is 0 Å². The third-order valence-corrected chi connectivity index (χ3v) is 4.54. The standard InChI is InChI=1S/C21H16N4O3/c26-21-17(9-8-15-4-2-10-22-14-15)12-16-5-3-11-23-20(16)24(21)18-6-1-7-19(13-18)25(27)28/h1-7,10-14H,8-9H2. The predicted octanol–water partition coefficient (Wildman–Crippen LogP) is 3.47. The van der Waals surface area contributed by atoms with Gasteiger partial charge in [0, 0.05) is 41.7 Å². The van der Waals surface area contributed by atoms with Crippen LogP contribution in [0.15, 0.2) is 78.0 Å². The van der Waals surface area contributed by atoms with E-state index >= 15 is 0 Å². The molecule has 0 saturated carbocycles. The molecule has 0 N–H and O–H groups in total. The molecule has 0 bridgehead atoms. The van der Waals surface area contributed by atoms with Crippen LogP contribution >= 0.6 is 0 Å².